The Hall–Kier alpha value is -7.74. The summed E-state index contributed by atoms with van der Waals surface area (Å²) in [7, 11) is 0. The number of hydrogen-bond acceptors (Lipinski definition) is 1. The molecule has 8 aromatic carbocycles. The van der Waals surface area contributed by atoms with Crippen LogP contribution in [0.1, 0.15) is 66.8 Å². The molecular formula is C65H47N. The second-order valence-electron chi connectivity index (χ2n) is 19.2. The van der Waals surface area contributed by atoms with Crippen LogP contribution in [-0.2, 0) is 12.8 Å². The lowest BCUT2D eigenvalue weighted by atomic mass is 9.62. The molecule has 6 aliphatic carbocycles. The summed E-state index contributed by atoms with van der Waals surface area (Å²) in [6, 6.07) is 54.6. The Kier molecular flexibility index (Phi) is 7.78. The van der Waals surface area contributed by atoms with Gasteiger partial charge in [0.2, 0.25) is 0 Å². The molecule has 0 saturated carbocycles. The summed E-state index contributed by atoms with van der Waals surface area (Å²) in [6.45, 7) is 9.54. The molecule has 6 aliphatic rings. The second kappa shape index (κ2) is 13.6. The Balaban J connectivity index is 1.14. The van der Waals surface area contributed by atoms with E-state index in [-0.39, 0.29) is 0 Å². The van der Waals surface area contributed by atoms with Crippen LogP contribution in [-0.4, -0.2) is 0 Å². The summed E-state index contributed by atoms with van der Waals surface area (Å²) in [4.78, 5) is 2.82. The highest BCUT2D eigenvalue weighted by Gasteiger charge is 2.52. The van der Waals surface area contributed by atoms with Gasteiger partial charge in [-0.3, -0.25) is 0 Å². The predicted octanol–water partition coefficient (Wildman–Crippen LogP) is 16.4. The summed E-state index contributed by atoms with van der Waals surface area (Å²) in [5.74, 6) is 0. The van der Waals surface area contributed by atoms with E-state index in [4.69, 9.17) is 0 Å². The van der Waals surface area contributed by atoms with E-state index in [0.29, 0.717) is 0 Å². The topological polar surface area (TPSA) is 3.24 Å². The smallest absolute Gasteiger partial charge is 0.0803 e. The average Bonchev–Trinajstić information content (AvgIpc) is 4.13. The Morgan fingerprint density at radius 1 is 0.455 bits per heavy atom. The number of anilines is 2. The van der Waals surface area contributed by atoms with Gasteiger partial charge in [0.1, 0.15) is 0 Å². The summed E-state index contributed by atoms with van der Waals surface area (Å²) in [6.07, 6.45) is 19.0. The van der Waals surface area contributed by atoms with Crippen molar-refractivity contribution in [3.05, 3.63) is 260 Å². The SMILES string of the molecule is Cc1cc2c(c(N(C3=CC=C4C(=Cc5ccccc54)C34C=CC=C3C4=Cc4ccccc43)c3c(C)c(C)c(-c4cccc5ccccc45)c4c3Cc3ccccc3-4)c1C)Cc1ccccc1-2. The van der Waals surface area contributed by atoms with Crippen LogP contribution in [0.4, 0.5) is 11.4 Å². The fraction of sp³-hybridized carbons (Fsp3) is 0.108. The number of fused-ring (bicyclic) bond motifs is 15. The van der Waals surface area contributed by atoms with Gasteiger partial charge in [-0.2, -0.15) is 0 Å². The van der Waals surface area contributed by atoms with Crippen molar-refractivity contribution in [2.75, 3.05) is 4.90 Å². The molecule has 1 heteroatoms. The maximum absolute atomic E-state index is 2.82. The van der Waals surface area contributed by atoms with Crippen LogP contribution < -0.4 is 4.90 Å². The summed E-state index contributed by atoms with van der Waals surface area (Å²) < 4.78 is 0. The van der Waals surface area contributed by atoms with Crippen LogP contribution in [0.5, 0.6) is 0 Å². The average molecular weight is 842 g/mol. The van der Waals surface area contributed by atoms with Gasteiger partial charge in [-0.1, -0.05) is 170 Å². The highest BCUT2D eigenvalue weighted by molar-refractivity contribution is 6.09. The standard InChI is InChI=1S/C65H47N/c1-38-33-55-50-26-13-6-18-43(50)34-56(55)63(39(38)2)66(64-41(4)40(3)61(54-28-15-22-42-17-5-10-23-47(42)54)62-51-27-14-9-19-44(51)35-57(62)64)60-31-30-53-49-25-12-8-21-46(49)37-59(53)65(60)32-16-29-52-48-24-11-7-20-45(48)36-58(52)65/h5-33,36-37H,34-35H2,1-4H3. The highest BCUT2D eigenvalue weighted by atomic mass is 15.2. The molecule has 0 radical (unpaired) electrons. The largest absolute Gasteiger partial charge is 0.311 e. The second-order valence-corrected chi connectivity index (χ2v) is 19.2. The van der Waals surface area contributed by atoms with Crippen LogP contribution in [0, 0.1) is 33.1 Å². The van der Waals surface area contributed by atoms with Gasteiger partial charge in [0.15, 0.2) is 0 Å². The monoisotopic (exact) mass is 841 g/mol. The minimum atomic E-state index is -0.617. The van der Waals surface area contributed by atoms with Crippen LogP contribution in [0.25, 0.3) is 67.5 Å². The molecule has 0 aromatic heterocycles. The highest BCUT2D eigenvalue weighted by Crippen LogP contribution is 2.65. The van der Waals surface area contributed by atoms with Crippen molar-refractivity contribution in [3.8, 4) is 33.4 Å². The van der Waals surface area contributed by atoms with Crippen molar-refractivity contribution in [1.29, 1.82) is 0 Å². The van der Waals surface area contributed by atoms with Crippen molar-refractivity contribution < 1.29 is 0 Å². The number of aryl methyl sites for hydroxylation is 1. The molecule has 0 aliphatic heterocycles. The zero-order chi connectivity index (χ0) is 44.0. The number of rotatable bonds is 4. The molecule has 0 amide bonds. The molecule has 0 saturated heterocycles. The Bertz CT molecular complexity index is 3710. The van der Waals surface area contributed by atoms with Crippen LogP contribution in [0.15, 0.2) is 193 Å². The molecule has 1 nitrogen and oxygen atoms in total. The number of hydrogen-bond donors (Lipinski definition) is 0. The quantitative estimate of drug-likeness (QED) is 0.171. The first-order valence-electron chi connectivity index (χ1n) is 23.6. The molecule has 14 rings (SSSR count). The molecule has 8 aromatic rings. The van der Waals surface area contributed by atoms with Crippen molar-refractivity contribution in [3.63, 3.8) is 0 Å². The number of allylic oxidation sites excluding steroid dienone is 7. The van der Waals surface area contributed by atoms with Crippen molar-refractivity contribution >= 4 is 45.4 Å². The van der Waals surface area contributed by atoms with E-state index in [0.717, 1.165) is 12.8 Å². The first-order valence-corrected chi connectivity index (χ1v) is 23.6. The predicted molar refractivity (Wildman–Crippen MR) is 278 cm³/mol. The summed E-state index contributed by atoms with van der Waals surface area (Å²) in [5, 5.41) is 2.56. The van der Waals surface area contributed by atoms with E-state index in [1.54, 1.807) is 0 Å². The molecule has 0 N–H and O–H groups in total. The van der Waals surface area contributed by atoms with Crippen molar-refractivity contribution in [2.24, 2.45) is 5.41 Å². The first-order chi connectivity index (χ1) is 32.4. The van der Waals surface area contributed by atoms with Gasteiger partial charge in [0.25, 0.3) is 0 Å². The third kappa shape index (κ3) is 4.90. The van der Waals surface area contributed by atoms with Gasteiger partial charge in [0, 0.05) is 18.5 Å². The van der Waals surface area contributed by atoms with Gasteiger partial charge in [-0.15, -0.1) is 0 Å². The van der Waals surface area contributed by atoms with Crippen LogP contribution in [0.3, 0.4) is 0 Å². The molecular weight excluding hydrogens is 795 g/mol. The van der Waals surface area contributed by atoms with Crippen molar-refractivity contribution in [1.82, 2.24) is 0 Å². The van der Waals surface area contributed by atoms with E-state index in [1.165, 1.54) is 150 Å². The summed E-state index contributed by atoms with van der Waals surface area (Å²) >= 11 is 0. The Morgan fingerprint density at radius 2 is 1.03 bits per heavy atom. The van der Waals surface area contributed by atoms with E-state index in [9.17, 15) is 0 Å². The third-order valence-corrected chi connectivity index (χ3v) is 16.1. The van der Waals surface area contributed by atoms with Crippen molar-refractivity contribution in [2.45, 2.75) is 40.5 Å². The Labute approximate surface area is 387 Å². The Morgan fingerprint density at radius 3 is 1.79 bits per heavy atom. The van der Waals surface area contributed by atoms with Gasteiger partial charge >= 0.3 is 0 Å². The van der Waals surface area contributed by atoms with Crippen LogP contribution >= 0.6 is 0 Å². The minimum absolute atomic E-state index is 0.617. The molecule has 312 valence electrons. The normalized spacial score (nSPS) is 17.4. The molecule has 0 bridgehead atoms. The molecule has 66 heavy (non-hydrogen) atoms. The maximum Gasteiger partial charge on any atom is 0.0803 e. The number of nitrogens with zero attached hydrogens (tertiary/aromatic N) is 1. The molecule has 0 fully saturated rings. The minimum Gasteiger partial charge on any atom is -0.311 e. The maximum atomic E-state index is 2.82. The lowest BCUT2D eigenvalue weighted by Crippen LogP contribution is -2.38. The lowest BCUT2D eigenvalue weighted by molar-refractivity contribution is 0.674. The fourth-order valence-corrected chi connectivity index (χ4v) is 12.9. The zero-order valence-electron chi connectivity index (χ0n) is 37.8. The van der Waals surface area contributed by atoms with E-state index in [1.807, 2.05) is 0 Å². The van der Waals surface area contributed by atoms with Gasteiger partial charge in [-0.25, -0.2) is 0 Å². The van der Waals surface area contributed by atoms with Gasteiger partial charge < -0.3 is 4.90 Å². The molecule has 1 spiro atoms. The van der Waals surface area contributed by atoms with Gasteiger partial charge in [0.05, 0.1) is 16.8 Å². The van der Waals surface area contributed by atoms with E-state index in [2.05, 4.69) is 221 Å². The zero-order valence-corrected chi connectivity index (χ0v) is 37.8. The lowest BCUT2D eigenvalue weighted by Gasteiger charge is -2.47. The molecule has 1 unspecified atom stereocenters. The summed E-state index contributed by atoms with van der Waals surface area (Å²) in [5.41, 5.74) is 32.8. The molecule has 1 atom stereocenters. The van der Waals surface area contributed by atoms with Gasteiger partial charge in [-0.05, 0) is 179 Å². The van der Waals surface area contributed by atoms with E-state index >= 15 is 0 Å². The van der Waals surface area contributed by atoms with E-state index < -0.39 is 5.41 Å². The first kappa shape index (κ1) is 37.6. The number of benzene rings is 8. The van der Waals surface area contributed by atoms with Crippen LogP contribution in [0.2, 0.25) is 0 Å². The molecule has 0 heterocycles. The third-order valence-electron chi connectivity index (χ3n) is 16.1. The fourth-order valence-electron chi connectivity index (χ4n) is 12.9.